The third-order valence-electron chi connectivity index (χ3n) is 4.23. The van der Waals surface area contributed by atoms with Crippen LogP contribution in [0.15, 0.2) is 66.9 Å². The molecule has 2 aromatic heterocycles. The number of aromatic hydroxyl groups is 1. The van der Waals surface area contributed by atoms with E-state index in [1.54, 1.807) is 6.07 Å². The molecule has 0 amide bonds. The topological polar surface area (TPSA) is 47.3 Å². The summed E-state index contributed by atoms with van der Waals surface area (Å²) in [6.45, 7) is 4.06. The Morgan fingerprint density at radius 3 is 2.36 bits per heavy atom. The van der Waals surface area contributed by atoms with E-state index in [1.807, 2.05) is 73.0 Å². The molecule has 1 N–H and O–H groups in total. The van der Waals surface area contributed by atoms with Gasteiger partial charge < -0.3 is 9.84 Å². The molecule has 4 rings (SSSR count). The minimum atomic E-state index is 0.126. The van der Waals surface area contributed by atoms with Crippen molar-refractivity contribution in [2.24, 2.45) is 0 Å². The first-order valence-corrected chi connectivity index (χ1v) is 8.13. The van der Waals surface area contributed by atoms with E-state index in [4.69, 9.17) is 4.74 Å². The number of ether oxygens (including phenoxy) is 1. The van der Waals surface area contributed by atoms with Crippen LogP contribution in [0.25, 0.3) is 16.7 Å². The van der Waals surface area contributed by atoms with Crippen LogP contribution in [0.5, 0.6) is 17.4 Å². The smallest absolute Gasteiger partial charge is 0.207 e. The number of aromatic nitrogens is 2. The highest BCUT2D eigenvalue weighted by atomic mass is 16.5. The number of nitrogens with zero attached hydrogens (tertiary/aromatic N) is 2. The van der Waals surface area contributed by atoms with Gasteiger partial charge in [-0.2, -0.15) is 0 Å². The Morgan fingerprint density at radius 1 is 0.920 bits per heavy atom. The molecule has 2 heterocycles. The number of benzene rings is 2. The summed E-state index contributed by atoms with van der Waals surface area (Å²) in [7, 11) is 0. The van der Waals surface area contributed by atoms with Crippen LogP contribution in [0.4, 0.5) is 0 Å². The molecule has 0 atom stereocenters. The summed E-state index contributed by atoms with van der Waals surface area (Å²) in [6.07, 6.45) is 1.44. The van der Waals surface area contributed by atoms with E-state index in [-0.39, 0.29) is 5.75 Å². The van der Waals surface area contributed by atoms with Crippen LogP contribution in [0.2, 0.25) is 0 Å². The highest BCUT2D eigenvalue weighted by Gasteiger charge is 2.15. The number of hydrogen-bond acceptors (Lipinski definition) is 3. The number of para-hydroxylation sites is 2. The molecule has 0 aliphatic rings. The number of aryl methyl sites for hydroxylation is 2. The van der Waals surface area contributed by atoms with Crippen LogP contribution in [0.3, 0.4) is 0 Å². The van der Waals surface area contributed by atoms with Gasteiger partial charge in [0.25, 0.3) is 0 Å². The molecule has 2 aromatic carbocycles. The lowest BCUT2D eigenvalue weighted by Gasteiger charge is -2.14. The zero-order valence-corrected chi connectivity index (χ0v) is 14.1. The maximum atomic E-state index is 9.87. The average Bonchev–Trinajstić information content (AvgIpc) is 2.96. The van der Waals surface area contributed by atoms with Gasteiger partial charge in [-0.25, -0.2) is 0 Å². The number of pyridine rings is 1. The highest BCUT2D eigenvalue weighted by molar-refractivity contribution is 5.82. The normalized spacial score (nSPS) is 11.0. The second kappa shape index (κ2) is 5.98. The maximum Gasteiger partial charge on any atom is 0.207 e. The number of fused-ring (bicyclic) bond motifs is 1. The average molecular weight is 330 g/mol. The van der Waals surface area contributed by atoms with Crippen molar-refractivity contribution in [3.63, 3.8) is 0 Å². The van der Waals surface area contributed by atoms with Gasteiger partial charge in [-0.1, -0.05) is 36.4 Å². The van der Waals surface area contributed by atoms with Crippen molar-refractivity contribution in [2.75, 3.05) is 0 Å². The second-order valence-corrected chi connectivity index (χ2v) is 6.07. The predicted molar refractivity (Wildman–Crippen MR) is 98.7 cm³/mol. The van der Waals surface area contributed by atoms with Crippen LogP contribution in [-0.4, -0.2) is 14.7 Å². The summed E-state index contributed by atoms with van der Waals surface area (Å²) in [6, 6.07) is 19.6. The zero-order valence-electron chi connectivity index (χ0n) is 14.1. The van der Waals surface area contributed by atoms with E-state index in [0.717, 1.165) is 33.6 Å². The van der Waals surface area contributed by atoms with Gasteiger partial charge >= 0.3 is 0 Å². The van der Waals surface area contributed by atoms with Crippen molar-refractivity contribution in [1.82, 2.24) is 9.55 Å². The van der Waals surface area contributed by atoms with Crippen LogP contribution < -0.4 is 4.74 Å². The molecule has 0 fully saturated rings. The first kappa shape index (κ1) is 15.3. The monoisotopic (exact) mass is 330 g/mol. The highest BCUT2D eigenvalue weighted by Crippen LogP contribution is 2.35. The summed E-state index contributed by atoms with van der Waals surface area (Å²) in [5.41, 5.74) is 4.66. The molecular formula is C21H18N2O2. The van der Waals surface area contributed by atoms with E-state index in [0.29, 0.717) is 5.88 Å². The van der Waals surface area contributed by atoms with Crippen molar-refractivity contribution < 1.29 is 9.84 Å². The second-order valence-electron chi connectivity index (χ2n) is 6.07. The Kier molecular flexibility index (Phi) is 3.65. The van der Waals surface area contributed by atoms with Crippen LogP contribution in [-0.2, 0) is 0 Å². The van der Waals surface area contributed by atoms with E-state index < -0.39 is 0 Å². The van der Waals surface area contributed by atoms with Gasteiger partial charge in [0.05, 0.1) is 17.2 Å². The van der Waals surface area contributed by atoms with Gasteiger partial charge in [-0.15, -0.1) is 0 Å². The molecule has 0 aliphatic heterocycles. The molecular weight excluding hydrogens is 312 g/mol. The van der Waals surface area contributed by atoms with Crippen LogP contribution >= 0.6 is 0 Å². The summed E-state index contributed by atoms with van der Waals surface area (Å²) in [5, 5.41) is 9.87. The molecule has 0 saturated heterocycles. The van der Waals surface area contributed by atoms with E-state index in [1.165, 1.54) is 6.20 Å². The fraction of sp³-hybridized carbons (Fsp3) is 0.0952. The molecule has 0 bridgehead atoms. The van der Waals surface area contributed by atoms with Gasteiger partial charge in [-0.05, 0) is 37.1 Å². The van der Waals surface area contributed by atoms with Gasteiger partial charge in [0.2, 0.25) is 5.88 Å². The Morgan fingerprint density at radius 2 is 1.64 bits per heavy atom. The van der Waals surface area contributed by atoms with Crippen molar-refractivity contribution in [1.29, 1.82) is 0 Å². The van der Waals surface area contributed by atoms with Gasteiger partial charge in [0.15, 0.2) is 0 Å². The molecule has 4 heteroatoms. The standard InChI is InChI=1S/C21H18N2O2/c1-14-7-6-8-15(2)21(14)25-20-12-18-19(11-17(24)13-22-18)23(20)16-9-4-3-5-10-16/h3-13,24H,1-2H3. The Labute approximate surface area is 146 Å². The molecule has 0 unspecified atom stereocenters. The maximum absolute atomic E-state index is 9.87. The van der Waals surface area contributed by atoms with Gasteiger partial charge in [0.1, 0.15) is 11.5 Å². The molecule has 124 valence electrons. The Balaban J connectivity index is 1.94. The van der Waals surface area contributed by atoms with Crippen molar-refractivity contribution in [3.8, 4) is 23.1 Å². The lowest BCUT2D eigenvalue weighted by Crippen LogP contribution is -1.99. The molecule has 0 aliphatic carbocycles. The molecule has 0 spiro atoms. The molecule has 0 saturated carbocycles. The fourth-order valence-corrected chi connectivity index (χ4v) is 3.03. The summed E-state index contributed by atoms with van der Waals surface area (Å²) < 4.78 is 8.26. The zero-order chi connectivity index (χ0) is 17.4. The number of rotatable bonds is 3. The summed E-state index contributed by atoms with van der Waals surface area (Å²) >= 11 is 0. The van der Waals surface area contributed by atoms with Gasteiger partial charge in [0, 0.05) is 17.8 Å². The first-order valence-electron chi connectivity index (χ1n) is 8.13. The Bertz CT molecular complexity index is 1030. The summed E-state index contributed by atoms with van der Waals surface area (Å²) in [5.74, 6) is 1.63. The van der Waals surface area contributed by atoms with Crippen molar-refractivity contribution in [2.45, 2.75) is 13.8 Å². The lowest BCUT2D eigenvalue weighted by atomic mass is 10.1. The van der Waals surface area contributed by atoms with Gasteiger partial charge in [-0.3, -0.25) is 9.55 Å². The number of hydrogen-bond donors (Lipinski definition) is 1. The molecule has 0 radical (unpaired) electrons. The van der Waals surface area contributed by atoms with Crippen molar-refractivity contribution >= 4 is 11.0 Å². The quantitative estimate of drug-likeness (QED) is 0.566. The Hall–Kier alpha value is -3.27. The van der Waals surface area contributed by atoms with E-state index in [9.17, 15) is 5.11 Å². The van der Waals surface area contributed by atoms with E-state index >= 15 is 0 Å². The largest absolute Gasteiger partial charge is 0.506 e. The predicted octanol–water partition coefficient (Wildman–Crippen LogP) is 5.14. The minimum Gasteiger partial charge on any atom is -0.506 e. The molecule has 4 aromatic rings. The third kappa shape index (κ3) is 2.72. The minimum absolute atomic E-state index is 0.126. The SMILES string of the molecule is Cc1cccc(C)c1Oc1cc2ncc(O)cc2n1-c1ccccc1. The first-order chi connectivity index (χ1) is 12.1. The van der Waals surface area contributed by atoms with Crippen LogP contribution in [0.1, 0.15) is 11.1 Å². The van der Waals surface area contributed by atoms with Crippen LogP contribution in [0, 0.1) is 13.8 Å². The fourth-order valence-electron chi connectivity index (χ4n) is 3.03. The molecule has 25 heavy (non-hydrogen) atoms. The van der Waals surface area contributed by atoms with Crippen molar-refractivity contribution in [3.05, 3.63) is 78.0 Å². The third-order valence-corrected chi connectivity index (χ3v) is 4.23. The summed E-state index contributed by atoms with van der Waals surface area (Å²) in [4.78, 5) is 4.32. The molecule has 4 nitrogen and oxygen atoms in total. The van der Waals surface area contributed by atoms with E-state index in [2.05, 4.69) is 4.98 Å². The lowest BCUT2D eigenvalue weighted by molar-refractivity contribution is 0.448.